The van der Waals surface area contributed by atoms with Crippen LogP contribution in [0, 0.1) is 5.82 Å². The van der Waals surface area contributed by atoms with Gasteiger partial charge in [0, 0.05) is 24.3 Å². The molecule has 2 aromatic carbocycles. The molecule has 0 saturated carbocycles. The second kappa shape index (κ2) is 10.3. The van der Waals surface area contributed by atoms with Gasteiger partial charge in [-0.1, -0.05) is 17.7 Å². The lowest BCUT2D eigenvalue weighted by Crippen LogP contribution is -2.37. The number of nitrogens with zero attached hydrogens (tertiary/aromatic N) is 4. The summed E-state index contributed by atoms with van der Waals surface area (Å²) in [6.45, 7) is 1.90. The summed E-state index contributed by atoms with van der Waals surface area (Å²) in [6, 6.07) is 7.52. The number of hydrogen-bond donors (Lipinski definition) is 3. The van der Waals surface area contributed by atoms with E-state index in [-0.39, 0.29) is 39.5 Å². The van der Waals surface area contributed by atoms with Crippen LogP contribution in [-0.4, -0.2) is 47.6 Å². The number of aromatic hydroxyl groups is 1. The minimum absolute atomic E-state index is 0.0394. The van der Waals surface area contributed by atoms with E-state index >= 15 is 0 Å². The van der Waals surface area contributed by atoms with Gasteiger partial charge in [-0.2, -0.15) is 23.3 Å². The van der Waals surface area contributed by atoms with Crippen molar-refractivity contribution in [2.45, 2.75) is 6.18 Å². The predicted molar refractivity (Wildman–Crippen MR) is 124 cm³/mol. The molecule has 1 aliphatic heterocycles. The van der Waals surface area contributed by atoms with Gasteiger partial charge in [0.25, 0.3) is 0 Å². The van der Waals surface area contributed by atoms with E-state index in [2.05, 4.69) is 25.8 Å². The number of halogens is 5. The van der Waals surface area contributed by atoms with E-state index in [4.69, 9.17) is 16.3 Å². The molecule has 1 aliphatic rings. The maximum absolute atomic E-state index is 14.1. The van der Waals surface area contributed by atoms with Gasteiger partial charge in [0.2, 0.25) is 5.95 Å². The molecule has 0 radical (unpaired) electrons. The monoisotopic (exact) mass is 510 g/mol. The number of aromatic nitrogens is 2. The number of phenols is 1. The molecule has 2 heterocycles. The maximum Gasteiger partial charge on any atom is 0.416 e. The zero-order valence-corrected chi connectivity index (χ0v) is 18.7. The first-order valence-electron chi connectivity index (χ1n) is 10.3. The number of rotatable bonds is 6. The summed E-state index contributed by atoms with van der Waals surface area (Å²) in [5.41, 5.74) is 2.31. The largest absolute Gasteiger partial charge is 0.506 e. The molecule has 13 heteroatoms. The van der Waals surface area contributed by atoms with Crippen LogP contribution in [0.1, 0.15) is 11.1 Å². The Labute approximate surface area is 202 Å². The average molecular weight is 511 g/mol. The minimum atomic E-state index is -4.49. The summed E-state index contributed by atoms with van der Waals surface area (Å²) in [5.74, 6) is -0.757. The lowest BCUT2D eigenvalue weighted by molar-refractivity contribution is -0.137. The third-order valence-corrected chi connectivity index (χ3v) is 5.40. The molecule has 1 fully saturated rings. The number of hydrazone groups is 1. The highest BCUT2D eigenvalue weighted by atomic mass is 35.5. The zero-order valence-electron chi connectivity index (χ0n) is 18.0. The molecule has 8 nitrogen and oxygen atoms in total. The Balaban J connectivity index is 1.46. The molecule has 0 aliphatic carbocycles. The van der Waals surface area contributed by atoms with Crippen molar-refractivity contribution in [3.05, 3.63) is 64.6 Å². The zero-order chi connectivity index (χ0) is 25.0. The third kappa shape index (κ3) is 5.89. The quantitative estimate of drug-likeness (QED) is 0.243. The highest BCUT2D eigenvalue weighted by Gasteiger charge is 2.30. The normalized spacial score (nSPS) is 14.4. The summed E-state index contributed by atoms with van der Waals surface area (Å²) in [5, 5.41) is 17.0. The van der Waals surface area contributed by atoms with Crippen LogP contribution in [0.3, 0.4) is 0 Å². The maximum atomic E-state index is 14.1. The topological polar surface area (TPSA) is 94.9 Å². The van der Waals surface area contributed by atoms with Crippen molar-refractivity contribution in [3.63, 3.8) is 0 Å². The Bertz CT molecular complexity index is 1240. The summed E-state index contributed by atoms with van der Waals surface area (Å²) in [6.07, 6.45) is -2.22. The summed E-state index contributed by atoms with van der Waals surface area (Å²) in [4.78, 5) is 9.71. The number of anilines is 4. The van der Waals surface area contributed by atoms with Crippen LogP contribution in [-0.2, 0) is 10.9 Å². The first kappa shape index (κ1) is 24.5. The number of alkyl halides is 3. The van der Waals surface area contributed by atoms with Crippen molar-refractivity contribution in [2.24, 2.45) is 5.10 Å². The number of nitrogens with one attached hydrogen (secondary N) is 2. The van der Waals surface area contributed by atoms with E-state index in [1.54, 1.807) is 4.90 Å². The van der Waals surface area contributed by atoms with Crippen LogP contribution in [0.5, 0.6) is 5.75 Å². The van der Waals surface area contributed by atoms with Crippen molar-refractivity contribution >= 4 is 41.0 Å². The second-order valence-corrected chi connectivity index (χ2v) is 7.78. The Hall–Kier alpha value is -3.64. The van der Waals surface area contributed by atoms with Gasteiger partial charge >= 0.3 is 6.18 Å². The van der Waals surface area contributed by atoms with Gasteiger partial charge in [-0.15, -0.1) is 0 Å². The Morgan fingerprint density at radius 2 is 1.94 bits per heavy atom. The summed E-state index contributed by atoms with van der Waals surface area (Å²) in [7, 11) is 0. The van der Waals surface area contributed by atoms with E-state index in [0.717, 1.165) is 18.3 Å². The number of benzene rings is 2. The first-order valence-corrected chi connectivity index (χ1v) is 10.7. The molecule has 0 unspecified atom stereocenters. The Morgan fingerprint density at radius 1 is 1.17 bits per heavy atom. The van der Waals surface area contributed by atoms with Gasteiger partial charge in [-0.05, 0) is 30.3 Å². The lowest BCUT2D eigenvalue weighted by atomic mass is 10.1. The first-order chi connectivity index (χ1) is 16.7. The van der Waals surface area contributed by atoms with E-state index in [1.165, 1.54) is 30.5 Å². The fraction of sp³-hybridized carbons (Fsp3) is 0.227. The van der Waals surface area contributed by atoms with E-state index in [1.807, 2.05) is 0 Å². The summed E-state index contributed by atoms with van der Waals surface area (Å²) < 4.78 is 58.2. The van der Waals surface area contributed by atoms with Crippen LogP contribution in [0.2, 0.25) is 5.02 Å². The fourth-order valence-corrected chi connectivity index (χ4v) is 3.50. The molecular weight excluding hydrogens is 492 g/mol. The highest BCUT2D eigenvalue weighted by molar-refractivity contribution is 6.35. The van der Waals surface area contributed by atoms with Gasteiger partial charge in [0.15, 0.2) is 11.6 Å². The molecule has 0 amide bonds. The Kier molecular flexibility index (Phi) is 7.22. The molecule has 35 heavy (non-hydrogen) atoms. The van der Waals surface area contributed by atoms with Gasteiger partial charge in [-0.3, -0.25) is 0 Å². The fourth-order valence-electron chi connectivity index (χ4n) is 3.28. The predicted octanol–water partition coefficient (Wildman–Crippen LogP) is 5.02. The van der Waals surface area contributed by atoms with Crippen LogP contribution >= 0.6 is 11.6 Å². The average Bonchev–Trinajstić information content (AvgIpc) is 2.84. The van der Waals surface area contributed by atoms with Crippen molar-refractivity contribution in [1.82, 2.24) is 9.97 Å². The standard InChI is InChI=1S/C22H19ClF4N6O2/c23-18-17(30-15-3-1-2-14(10-15)22(25,26)27)5-4-13(19(18)34)11-29-32-21-28-12-16(24)20(31-21)33-6-8-35-9-7-33/h1-5,10-12,30,34H,6-9H2,(H,28,31,32)/b29-11-. The number of ether oxygens (including phenoxy) is 1. The van der Waals surface area contributed by atoms with E-state index in [0.29, 0.717) is 26.3 Å². The SMILES string of the molecule is Oc1c(/C=N\Nc2ncc(F)c(N3CCOCC3)n2)ccc(Nc2cccc(C(F)(F)F)c2)c1Cl. The molecule has 0 bridgehead atoms. The molecule has 3 N–H and O–H groups in total. The van der Waals surface area contributed by atoms with Crippen LogP contribution in [0.4, 0.5) is 40.7 Å². The van der Waals surface area contributed by atoms with Gasteiger partial charge in [-0.25, -0.2) is 14.8 Å². The lowest BCUT2D eigenvalue weighted by Gasteiger charge is -2.27. The molecule has 1 saturated heterocycles. The minimum Gasteiger partial charge on any atom is -0.506 e. The van der Waals surface area contributed by atoms with Crippen molar-refractivity contribution < 1.29 is 27.4 Å². The Morgan fingerprint density at radius 3 is 2.69 bits per heavy atom. The molecule has 1 aromatic heterocycles. The molecule has 184 valence electrons. The van der Waals surface area contributed by atoms with E-state index in [9.17, 15) is 22.7 Å². The molecule has 4 rings (SSSR count). The summed E-state index contributed by atoms with van der Waals surface area (Å²) >= 11 is 6.20. The van der Waals surface area contributed by atoms with Gasteiger partial charge in [0.1, 0.15) is 10.8 Å². The molecule has 0 spiro atoms. The van der Waals surface area contributed by atoms with E-state index < -0.39 is 17.6 Å². The smallest absolute Gasteiger partial charge is 0.416 e. The third-order valence-electron chi connectivity index (χ3n) is 5.02. The van der Waals surface area contributed by atoms with Crippen molar-refractivity contribution in [3.8, 4) is 5.75 Å². The number of hydrogen-bond acceptors (Lipinski definition) is 8. The van der Waals surface area contributed by atoms with Crippen LogP contribution in [0.25, 0.3) is 0 Å². The molecule has 0 atom stereocenters. The van der Waals surface area contributed by atoms with Crippen molar-refractivity contribution in [1.29, 1.82) is 0 Å². The molecule has 3 aromatic rings. The van der Waals surface area contributed by atoms with Crippen LogP contribution in [0.15, 0.2) is 47.7 Å². The second-order valence-electron chi connectivity index (χ2n) is 7.40. The number of morpholine rings is 1. The van der Waals surface area contributed by atoms with Crippen molar-refractivity contribution in [2.75, 3.05) is 41.9 Å². The molecular formula is C22H19ClF4N6O2. The van der Waals surface area contributed by atoms with Crippen LogP contribution < -0.4 is 15.6 Å². The van der Waals surface area contributed by atoms with Gasteiger partial charge < -0.3 is 20.1 Å². The number of phenolic OH excluding ortho intramolecular Hbond substituents is 1. The van der Waals surface area contributed by atoms with Gasteiger partial charge in [0.05, 0.1) is 36.9 Å². The highest BCUT2D eigenvalue weighted by Crippen LogP contribution is 2.37.